The van der Waals surface area contributed by atoms with Crippen LogP contribution >= 0.6 is 7.82 Å². The van der Waals surface area contributed by atoms with E-state index in [1.54, 1.807) is 6.08 Å². The lowest BCUT2D eigenvalue weighted by Crippen LogP contribution is -2.45. The van der Waals surface area contributed by atoms with E-state index < -0.39 is 26.6 Å². The van der Waals surface area contributed by atoms with Gasteiger partial charge < -0.3 is 28.8 Å². The Morgan fingerprint density at radius 3 is 1.11 bits per heavy atom. The summed E-state index contributed by atoms with van der Waals surface area (Å²) >= 11 is 0. The molecule has 0 saturated heterocycles. The highest BCUT2D eigenvalue weighted by Crippen LogP contribution is 2.38. The second-order valence-corrected chi connectivity index (χ2v) is 26.6. The van der Waals surface area contributed by atoms with Crippen molar-refractivity contribution >= 4 is 13.7 Å². The molecule has 8 nitrogen and oxygen atoms in total. The van der Waals surface area contributed by atoms with Crippen LogP contribution < -0.4 is 10.2 Å². The number of allylic oxidation sites excluding steroid dienone is 15. The van der Waals surface area contributed by atoms with Crippen LogP contribution in [0.1, 0.15) is 322 Å². The molecule has 0 aromatic heterocycles. The Kier molecular flexibility index (Phi) is 62.9. The summed E-state index contributed by atoms with van der Waals surface area (Å²) in [6.45, 7) is 4.55. The van der Waals surface area contributed by atoms with Crippen LogP contribution in [0, 0.1) is 0 Å². The van der Waals surface area contributed by atoms with E-state index in [4.69, 9.17) is 9.05 Å². The first-order chi connectivity index (χ1) is 41.0. The van der Waals surface area contributed by atoms with Crippen LogP contribution in [-0.4, -0.2) is 68.5 Å². The number of phosphoric ester groups is 1. The van der Waals surface area contributed by atoms with Crippen molar-refractivity contribution in [2.75, 3.05) is 40.9 Å². The van der Waals surface area contributed by atoms with Gasteiger partial charge in [0.2, 0.25) is 5.91 Å². The van der Waals surface area contributed by atoms with Crippen LogP contribution in [0.3, 0.4) is 0 Å². The Labute approximate surface area is 521 Å². The molecule has 0 fully saturated rings. The lowest BCUT2D eigenvalue weighted by Gasteiger charge is -2.29. The van der Waals surface area contributed by atoms with Gasteiger partial charge in [-0.1, -0.05) is 329 Å². The fourth-order valence-corrected chi connectivity index (χ4v) is 11.0. The van der Waals surface area contributed by atoms with Crippen LogP contribution in [0.2, 0.25) is 0 Å². The first-order valence-corrected chi connectivity index (χ1v) is 37.1. The molecule has 1 amide bonds. The summed E-state index contributed by atoms with van der Waals surface area (Å²) in [6.07, 6.45) is 93.9. The standard InChI is InChI=1S/C75H137N2O6P/c1-6-8-10-12-14-16-18-20-22-24-26-28-30-32-34-36-37-38-39-41-43-45-47-49-51-53-55-57-59-61-63-65-67-69-75(79)76-73(72-83-84(80,81)82-71-70-77(3,4)5)74(78)68-66-64-62-60-58-56-54-52-50-48-46-44-42-40-35-33-31-29-27-25-23-21-19-17-15-13-11-9-7-2/h8,10,14,16,20,22,26,28,32,34,37-38,58,60,66,68,73-74,78H,6-7,9,11-13,15,17-19,21,23-25,27,29-31,33,35-36,39-57,59,61-65,67,69-72H2,1-5H3,(H-,76,79,80,81)/b10-8-,16-14-,22-20-,28-26-,34-32-,38-37-,60-58+,68-66+. The van der Waals surface area contributed by atoms with E-state index in [-0.39, 0.29) is 12.5 Å². The van der Waals surface area contributed by atoms with Gasteiger partial charge >= 0.3 is 0 Å². The summed E-state index contributed by atoms with van der Waals surface area (Å²) in [4.78, 5) is 25.6. The average molecular weight is 1190 g/mol. The second-order valence-electron chi connectivity index (χ2n) is 25.2. The molecule has 2 N–H and O–H groups in total. The number of likely N-dealkylation sites (N-methyl/N-ethyl adjacent to an activating group) is 1. The molecule has 0 aromatic carbocycles. The number of nitrogens with zero attached hydrogens (tertiary/aromatic N) is 1. The molecule has 9 heteroatoms. The molecule has 0 bridgehead atoms. The Morgan fingerprint density at radius 1 is 0.429 bits per heavy atom. The molecule has 0 saturated carbocycles. The smallest absolute Gasteiger partial charge is 0.268 e. The lowest BCUT2D eigenvalue weighted by molar-refractivity contribution is -0.870. The summed E-state index contributed by atoms with van der Waals surface area (Å²) in [6, 6.07) is -0.911. The monoisotopic (exact) mass is 1190 g/mol. The molecule has 0 aliphatic rings. The third kappa shape index (κ3) is 66.9. The van der Waals surface area contributed by atoms with Crippen molar-refractivity contribution in [1.29, 1.82) is 0 Å². The molecule has 84 heavy (non-hydrogen) atoms. The molecule has 488 valence electrons. The third-order valence-electron chi connectivity index (χ3n) is 15.8. The van der Waals surface area contributed by atoms with Gasteiger partial charge in [0.25, 0.3) is 7.82 Å². The Bertz CT molecular complexity index is 1690. The lowest BCUT2D eigenvalue weighted by atomic mass is 10.0. The van der Waals surface area contributed by atoms with Crippen LogP contribution in [0.4, 0.5) is 0 Å². The number of aliphatic hydroxyl groups is 1. The van der Waals surface area contributed by atoms with Gasteiger partial charge in [0, 0.05) is 6.42 Å². The van der Waals surface area contributed by atoms with Crippen molar-refractivity contribution in [1.82, 2.24) is 5.32 Å². The number of phosphoric acid groups is 1. The number of carbonyl (C=O) groups is 1. The maximum absolute atomic E-state index is 13.0. The normalized spacial score (nSPS) is 14.2. The number of aliphatic hydroxyl groups excluding tert-OH is 1. The van der Waals surface area contributed by atoms with Gasteiger partial charge in [-0.2, -0.15) is 0 Å². The SMILES string of the molecule is CC/C=C\C/C=C\C/C=C\C/C=C\C/C=C\C/C=C\CCCCCCCCCCCCCCCCC(=O)NC(COP(=O)([O-])OCC[N+](C)(C)C)C(O)/C=C/CC/C=C/CCCCCCCCCCCCCCCCCCCCCCCCC. The van der Waals surface area contributed by atoms with Crippen molar-refractivity contribution in [3.05, 3.63) is 97.2 Å². The van der Waals surface area contributed by atoms with Gasteiger partial charge in [-0.15, -0.1) is 0 Å². The van der Waals surface area contributed by atoms with Crippen molar-refractivity contribution in [2.24, 2.45) is 0 Å². The Hall–Kier alpha value is -2.58. The number of hydrogen-bond donors (Lipinski definition) is 2. The molecule has 0 spiro atoms. The highest BCUT2D eigenvalue weighted by molar-refractivity contribution is 7.45. The maximum atomic E-state index is 13.0. The topological polar surface area (TPSA) is 108 Å². The number of unbranched alkanes of at least 4 members (excludes halogenated alkanes) is 38. The van der Waals surface area contributed by atoms with E-state index in [0.29, 0.717) is 17.4 Å². The predicted molar refractivity (Wildman–Crippen MR) is 366 cm³/mol. The third-order valence-corrected chi connectivity index (χ3v) is 16.7. The van der Waals surface area contributed by atoms with E-state index in [9.17, 15) is 19.4 Å². The molecular weight excluding hydrogens is 1060 g/mol. The van der Waals surface area contributed by atoms with Crippen LogP contribution in [0.5, 0.6) is 0 Å². The van der Waals surface area contributed by atoms with Crippen LogP contribution in [-0.2, 0) is 18.4 Å². The molecular formula is C75H137N2O6P. The number of quaternary nitrogens is 1. The van der Waals surface area contributed by atoms with Crippen molar-refractivity contribution in [2.45, 2.75) is 334 Å². The zero-order valence-corrected chi connectivity index (χ0v) is 56.7. The number of rotatable bonds is 65. The predicted octanol–water partition coefficient (Wildman–Crippen LogP) is 22.3. The molecule has 0 radical (unpaired) electrons. The minimum absolute atomic E-state index is 0.00926. The number of amides is 1. The Balaban J connectivity index is 4.11. The summed E-state index contributed by atoms with van der Waals surface area (Å²) in [7, 11) is 1.24. The van der Waals surface area contributed by atoms with Crippen molar-refractivity contribution in [3.63, 3.8) is 0 Å². The highest BCUT2D eigenvalue weighted by atomic mass is 31.2. The van der Waals surface area contributed by atoms with Crippen LogP contribution in [0.15, 0.2) is 97.2 Å². The molecule has 0 aliphatic carbocycles. The minimum atomic E-state index is -4.62. The van der Waals surface area contributed by atoms with E-state index >= 15 is 0 Å². The summed E-state index contributed by atoms with van der Waals surface area (Å²) in [5, 5.41) is 14.0. The first kappa shape index (κ1) is 81.4. The van der Waals surface area contributed by atoms with Gasteiger partial charge in [0.05, 0.1) is 39.9 Å². The summed E-state index contributed by atoms with van der Waals surface area (Å²) in [5.74, 6) is -0.207. The molecule has 0 aromatic rings. The number of hydrogen-bond acceptors (Lipinski definition) is 6. The fourth-order valence-electron chi connectivity index (χ4n) is 10.3. The van der Waals surface area contributed by atoms with Crippen molar-refractivity contribution in [3.8, 4) is 0 Å². The highest BCUT2D eigenvalue weighted by Gasteiger charge is 2.23. The molecule has 0 rings (SSSR count). The zero-order valence-electron chi connectivity index (χ0n) is 55.8. The Morgan fingerprint density at radius 2 is 0.738 bits per heavy atom. The maximum Gasteiger partial charge on any atom is 0.268 e. The van der Waals surface area contributed by atoms with Gasteiger partial charge in [0.15, 0.2) is 0 Å². The van der Waals surface area contributed by atoms with Gasteiger partial charge in [-0.25, -0.2) is 0 Å². The largest absolute Gasteiger partial charge is 0.756 e. The zero-order chi connectivity index (χ0) is 61.2. The van der Waals surface area contributed by atoms with Gasteiger partial charge in [-0.3, -0.25) is 9.36 Å². The van der Waals surface area contributed by atoms with Gasteiger partial charge in [0.1, 0.15) is 13.2 Å². The quantitative estimate of drug-likeness (QED) is 0.0272. The molecule has 3 atom stereocenters. The molecule has 0 aliphatic heterocycles. The second kappa shape index (κ2) is 64.9. The first-order valence-electron chi connectivity index (χ1n) is 35.6. The fraction of sp³-hybridized carbons (Fsp3) is 0.773. The van der Waals surface area contributed by atoms with E-state index in [1.165, 1.54) is 225 Å². The molecule has 0 heterocycles. The average Bonchev–Trinajstić information content (AvgIpc) is 3.56. The summed E-state index contributed by atoms with van der Waals surface area (Å²) < 4.78 is 23.5. The van der Waals surface area contributed by atoms with E-state index in [0.717, 1.165) is 77.0 Å². The van der Waals surface area contributed by atoms with Gasteiger partial charge in [-0.05, 0) is 83.5 Å². The van der Waals surface area contributed by atoms with E-state index in [1.807, 2.05) is 27.2 Å². The number of nitrogens with one attached hydrogen (secondary N) is 1. The van der Waals surface area contributed by atoms with E-state index in [2.05, 4.69) is 104 Å². The van der Waals surface area contributed by atoms with Crippen molar-refractivity contribution < 1.29 is 32.9 Å². The summed E-state index contributed by atoms with van der Waals surface area (Å²) in [5.41, 5.74) is 0. The molecule has 3 unspecified atom stereocenters. The van der Waals surface area contributed by atoms with Crippen LogP contribution in [0.25, 0.3) is 0 Å². The number of carbonyl (C=O) groups excluding carboxylic acids is 1. The minimum Gasteiger partial charge on any atom is -0.756 e.